The molecule has 0 spiro atoms. The summed E-state index contributed by atoms with van der Waals surface area (Å²) >= 11 is 0. The Morgan fingerprint density at radius 1 is 1.27 bits per heavy atom. The van der Waals surface area contributed by atoms with Gasteiger partial charge in [-0.3, -0.25) is 0 Å². The van der Waals surface area contributed by atoms with Gasteiger partial charge in [0, 0.05) is 16.5 Å². The molecule has 3 nitrogen and oxygen atoms in total. The summed E-state index contributed by atoms with van der Waals surface area (Å²) in [5.74, 6) is -0.0865. The number of nitrogens with two attached hydrogens (primary N) is 1. The smallest absolute Gasteiger partial charge is 0.161 e. The summed E-state index contributed by atoms with van der Waals surface area (Å²) in [4.78, 5) is 0. The second-order valence-electron chi connectivity index (χ2n) is 4.98. The van der Waals surface area contributed by atoms with Gasteiger partial charge >= 0.3 is 0 Å². The molecule has 1 aromatic carbocycles. The van der Waals surface area contributed by atoms with Gasteiger partial charge in [0.25, 0.3) is 0 Å². The molecule has 0 radical (unpaired) electrons. The summed E-state index contributed by atoms with van der Waals surface area (Å²) in [7, 11) is 0. The number of aromatic hydroxyl groups is 2. The molecule has 0 amide bonds. The van der Waals surface area contributed by atoms with Crippen molar-refractivity contribution in [2.45, 2.75) is 37.6 Å². The Morgan fingerprint density at radius 3 is 2.33 bits per heavy atom. The first-order valence-electron chi connectivity index (χ1n) is 5.19. The molecule has 3 heteroatoms. The highest BCUT2D eigenvalue weighted by molar-refractivity contribution is 5.52. The number of benzene rings is 1. The highest BCUT2D eigenvalue weighted by Gasteiger charge is 2.55. The van der Waals surface area contributed by atoms with Crippen molar-refractivity contribution in [2.75, 3.05) is 0 Å². The molecule has 0 unspecified atom stereocenters. The van der Waals surface area contributed by atoms with Gasteiger partial charge in [0.05, 0.1) is 0 Å². The maximum Gasteiger partial charge on any atom is 0.161 e. The lowest BCUT2D eigenvalue weighted by molar-refractivity contribution is 0.356. The molecule has 0 aromatic heterocycles. The van der Waals surface area contributed by atoms with Crippen LogP contribution in [0.2, 0.25) is 0 Å². The molecule has 0 saturated heterocycles. The molecule has 0 atom stereocenters. The number of phenolic OH excluding ortho intramolecular Hbond substituents is 2. The Kier molecular flexibility index (Phi) is 1.98. The normalized spacial score (nSPS) is 18.9. The van der Waals surface area contributed by atoms with Crippen LogP contribution in [-0.4, -0.2) is 15.8 Å². The maximum atomic E-state index is 9.83. The summed E-state index contributed by atoms with van der Waals surface area (Å²) in [5, 5.41) is 19.3. The van der Waals surface area contributed by atoms with Crippen LogP contribution in [0.1, 0.15) is 32.3 Å². The molecule has 0 aliphatic heterocycles. The maximum absolute atomic E-state index is 9.83. The number of hydrogen-bond acceptors (Lipinski definition) is 3. The van der Waals surface area contributed by atoms with E-state index < -0.39 is 0 Å². The van der Waals surface area contributed by atoms with Crippen molar-refractivity contribution < 1.29 is 10.2 Å². The van der Waals surface area contributed by atoms with Crippen LogP contribution in [0.3, 0.4) is 0 Å². The number of hydrogen-bond donors (Lipinski definition) is 3. The van der Waals surface area contributed by atoms with Gasteiger partial charge in [-0.15, -0.1) is 0 Å². The molecular weight excluding hydrogens is 190 g/mol. The Morgan fingerprint density at radius 2 is 1.87 bits per heavy atom. The van der Waals surface area contributed by atoms with E-state index in [-0.39, 0.29) is 22.5 Å². The summed E-state index contributed by atoms with van der Waals surface area (Å²) < 4.78 is 0. The quantitative estimate of drug-likeness (QED) is 0.648. The largest absolute Gasteiger partial charge is 0.504 e. The summed E-state index contributed by atoms with van der Waals surface area (Å²) in [6, 6.07) is 5.07. The average molecular weight is 207 g/mol. The Hall–Kier alpha value is -1.22. The van der Waals surface area contributed by atoms with Crippen LogP contribution in [0.15, 0.2) is 18.2 Å². The number of para-hydroxylation sites is 1. The predicted octanol–water partition coefficient (Wildman–Crippen LogP) is 1.87. The van der Waals surface area contributed by atoms with E-state index in [2.05, 4.69) is 0 Å². The lowest BCUT2D eigenvalue weighted by Crippen LogP contribution is -2.45. The van der Waals surface area contributed by atoms with Crippen LogP contribution in [0.5, 0.6) is 11.5 Å². The first-order chi connectivity index (χ1) is 6.88. The first-order valence-corrected chi connectivity index (χ1v) is 5.19. The monoisotopic (exact) mass is 207 g/mol. The van der Waals surface area contributed by atoms with Crippen LogP contribution in [0, 0.1) is 0 Å². The van der Waals surface area contributed by atoms with Crippen molar-refractivity contribution >= 4 is 0 Å². The van der Waals surface area contributed by atoms with E-state index >= 15 is 0 Å². The Bertz CT molecular complexity index is 389. The van der Waals surface area contributed by atoms with Gasteiger partial charge < -0.3 is 15.9 Å². The van der Waals surface area contributed by atoms with Gasteiger partial charge in [0.1, 0.15) is 0 Å². The molecule has 82 valence electrons. The second kappa shape index (κ2) is 2.89. The predicted molar refractivity (Wildman–Crippen MR) is 59.0 cm³/mol. The van der Waals surface area contributed by atoms with Crippen molar-refractivity contribution in [2.24, 2.45) is 5.73 Å². The van der Waals surface area contributed by atoms with Crippen LogP contribution < -0.4 is 5.73 Å². The zero-order valence-electron chi connectivity index (χ0n) is 9.12. The van der Waals surface area contributed by atoms with E-state index in [1.165, 1.54) is 6.07 Å². The fourth-order valence-electron chi connectivity index (χ4n) is 2.30. The molecule has 1 aliphatic carbocycles. The van der Waals surface area contributed by atoms with E-state index in [4.69, 9.17) is 5.73 Å². The van der Waals surface area contributed by atoms with E-state index in [0.717, 1.165) is 18.4 Å². The minimum absolute atomic E-state index is 0.0199. The second-order valence-corrected chi connectivity index (χ2v) is 4.98. The zero-order chi connectivity index (χ0) is 11.3. The van der Waals surface area contributed by atoms with Crippen LogP contribution in [-0.2, 0) is 5.41 Å². The minimum Gasteiger partial charge on any atom is -0.504 e. The number of phenols is 2. The molecule has 15 heavy (non-hydrogen) atoms. The SMILES string of the molecule is CC(C)(N)C1(c2cccc(O)c2O)CC1. The highest BCUT2D eigenvalue weighted by atomic mass is 16.3. The molecule has 1 fully saturated rings. The van der Waals surface area contributed by atoms with Gasteiger partial charge in [0.2, 0.25) is 0 Å². The van der Waals surface area contributed by atoms with Crippen molar-refractivity contribution in [1.82, 2.24) is 0 Å². The molecule has 1 aliphatic rings. The van der Waals surface area contributed by atoms with Crippen LogP contribution >= 0.6 is 0 Å². The van der Waals surface area contributed by atoms with Gasteiger partial charge in [-0.2, -0.15) is 0 Å². The van der Waals surface area contributed by atoms with E-state index in [9.17, 15) is 10.2 Å². The van der Waals surface area contributed by atoms with Gasteiger partial charge in [-0.1, -0.05) is 12.1 Å². The topological polar surface area (TPSA) is 66.5 Å². The van der Waals surface area contributed by atoms with Crippen molar-refractivity contribution in [3.05, 3.63) is 23.8 Å². The Balaban J connectivity index is 2.51. The molecule has 0 heterocycles. The third kappa shape index (κ3) is 1.38. The van der Waals surface area contributed by atoms with Gasteiger partial charge in [0.15, 0.2) is 11.5 Å². The lowest BCUT2D eigenvalue weighted by atomic mass is 9.79. The average Bonchev–Trinajstić information content (AvgIpc) is 2.89. The standard InChI is InChI=1S/C12H17NO2/c1-11(2,13)12(6-7-12)8-4-3-5-9(14)10(8)15/h3-5,14-15H,6-7,13H2,1-2H3. The number of rotatable bonds is 2. The van der Waals surface area contributed by atoms with Crippen LogP contribution in [0.4, 0.5) is 0 Å². The first kappa shape index (κ1) is 10.3. The fourth-order valence-corrected chi connectivity index (χ4v) is 2.30. The molecule has 1 aromatic rings. The zero-order valence-corrected chi connectivity index (χ0v) is 9.12. The highest BCUT2D eigenvalue weighted by Crippen LogP contribution is 2.57. The summed E-state index contributed by atoms with van der Waals surface area (Å²) in [6.45, 7) is 3.92. The molecular formula is C12H17NO2. The van der Waals surface area contributed by atoms with Gasteiger partial charge in [-0.05, 0) is 32.8 Å². The van der Waals surface area contributed by atoms with Crippen LogP contribution in [0.25, 0.3) is 0 Å². The summed E-state index contributed by atoms with van der Waals surface area (Å²) in [6.07, 6.45) is 1.93. The molecule has 2 rings (SSSR count). The Labute approximate surface area is 89.5 Å². The van der Waals surface area contributed by atoms with E-state index in [1.807, 2.05) is 19.9 Å². The van der Waals surface area contributed by atoms with Crippen molar-refractivity contribution in [1.29, 1.82) is 0 Å². The summed E-state index contributed by atoms with van der Waals surface area (Å²) in [5.41, 5.74) is 6.36. The third-order valence-electron chi connectivity index (χ3n) is 3.51. The van der Waals surface area contributed by atoms with Crippen molar-refractivity contribution in [3.8, 4) is 11.5 Å². The fraction of sp³-hybridized carbons (Fsp3) is 0.500. The van der Waals surface area contributed by atoms with E-state index in [0.29, 0.717) is 0 Å². The van der Waals surface area contributed by atoms with Crippen molar-refractivity contribution in [3.63, 3.8) is 0 Å². The van der Waals surface area contributed by atoms with E-state index in [1.54, 1.807) is 6.07 Å². The lowest BCUT2D eigenvalue weighted by Gasteiger charge is -2.31. The molecule has 1 saturated carbocycles. The molecule has 4 N–H and O–H groups in total. The van der Waals surface area contributed by atoms with Gasteiger partial charge in [-0.25, -0.2) is 0 Å². The third-order valence-corrected chi connectivity index (χ3v) is 3.51. The minimum atomic E-state index is -0.377. The molecule has 0 bridgehead atoms.